The predicted octanol–water partition coefficient (Wildman–Crippen LogP) is 3.65. The van der Waals surface area contributed by atoms with Gasteiger partial charge in [0.25, 0.3) is 0 Å². The van der Waals surface area contributed by atoms with Crippen molar-refractivity contribution >= 4 is 11.6 Å². The van der Waals surface area contributed by atoms with Gasteiger partial charge in [-0.3, -0.25) is 0 Å². The van der Waals surface area contributed by atoms with Crippen molar-refractivity contribution in [1.82, 2.24) is 0 Å². The molecule has 0 aliphatic rings. The third-order valence-corrected chi connectivity index (χ3v) is 3.21. The Labute approximate surface area is 97.6 Å². The molecule has 0 radical (unpaired) electrons. The Morgan fingerprint density at radius 3 is 2.60 bits per heavy atom. The first-order valence-corrected chi connectivity index (χ1v) is 6.00. The van der Waals surface area contributed by atoms with Gasteiger partial charge in [-0.1, -0.05) is 50.1 Å². The summed E-state index contributed by atoms with van der Waals surface area (Å²) in [5.74, 6) is 0.697. The molecule has 1 rings (SSSR count). The van der Waals surface area contributed by atoms with Crippen molar-refractivity contribution in [3.8, 4) is 0 Å². The second-order valence-corrected chi connectivity index (χ2v) is 4.71. The van der Waals surface area contributed by atoms with Crippen LogP contribution in [0.25, 0.3) is 0 Å². The van der Waals surface area contributed by atoms with E-state index in [1.165, 1.54) is 6.42 Å². The highest BCUT2D eigenvalue weighted by atomic mass is 35.5. The van der Waals surface area contributed by atoms with Crippen LogP contribution >= 0.6 is 11.6 Å². The molecule has 0 heterocycles. The first-order valence-electron chi connectivity index (χ1n) is 5.62. The zero-order valence-corrected chi connectivity index (χ0v) is 10.3. The Balaban J connectivity index is 2.51. The quantitative estimate of drug-likeness (QED) is 0.814. The number of rotatable bonds is 5. The van der Waals surface area contributed by atoms with E-state index in [-0.39, 0.29) is 6.04 Å². The molecule has 0 aromatic heterocycles. The average Bonchev–Trinajstić information content (AvgIpc) is 2.21. The van der Waals surface area contributed by atoms with Gasteiger partial charge in [0.1, 0.15) is 0 Å². The standard InChI is InChI=1S/C13H20ClN/c1-3-10(2)8-12(15)9-11-6-4-5-7-13(11)14/h4-7,10,12H,3,8-9,15H2,1-2H3. The van der Waals surface area contributed by atoms with Gasteiger partial charge in [0, 0.05) is 11.1 Å². The molecule has 0 aliphatic heterocycles. The van der Waals surface area contributed by atoms with Crippen LogP contribution in [0.3, 0.4) is 0 Å². The minimum atomic E-state index is 0.222. The lowest BCUT2D eigenvalue weighted by Crippen LogP contribution is -2.25. The summed E-state index contributed by atoms with van der Waals surface area (Å²) in [4.78, 5) is 0. The topological polar surface area (TPSA) is 26.0 Å². The molecule has 1 aromatic carbocycles. The fraction of sp³-hybridized carbons (Fsp3) is 0.538. The zero-order valence-electron chi connectivity index (χ0n) is 9.54. The third kappa shape index (κ3) is 4.23. The SMILES string of the molecule is CCC(C)CC(N)Cc1ccccc1Cl. The summed E-state index contributed by atoms with van der Waals surface area (Å²) in [5, 5.41) is 0.831. The van der Waals surface area contributed by atoms with Crippen LogP contribution in [-0.2, 0) is 6.42 Å². The molecule has 0 spiro atoms. The van der Waals surface area contributed by atoms with Crippen LogP contribution in [-0.4, -0.2) is 6.04 Å². The van der Waals surface area contributed by atoms with Crippen molar-refractivity contribution in [2.75, 3.05) is 0 Å². The van der Waals surface area contributed by atoms with E-state index >= 15 is 0 Å². The van der Waals surface area contributed by atoms with Crippen LogP contribution in [0.15, 0.2) is 24.3 Å². The highest BCUT2D eigenvalue weighted by Crippen LogP contribution is 2.18. The van der Waals surface area contributed by atoms with E-state index in [4.69, 9.17) is 17.3 Å². The molecule has 0 saturated carbocycles. The molecule has 2 heteroatoms. The maximum Gasteiger partial charge on any atom is 0.0438 e. The number of hydrogen-bond acceptors (Lipinski definition) is 1. The van der Waals surface area contributed by atoms with Crippen molar-refractivity contribution in [3.63, 3.8) is 0 Å². The maximum absolute atomic E-state index is 6.09. The van der Waals surface area contributed by atoms with Crippen LogP contribution < -0.4 is 5.73 Å². The van der Waals surface area contributed by atoms with Gasteiger partial charge in [0.05, 0.1) is 0 Å². The predicted molar refractivity (Wildman–Crippen MR) is 67.2 cm³/mol. The fourth-order valence-corrected chi connectivity index (χ4v) is 1.93. The van der Waals surface area contributed by atoms with Crippen molar-refractivity contribution in [1.29, 1.82) is 0 Å². The monoisotopic (exact) mass is 225 g/mol. The lowest BCUT2D eigenvalue weighted by Gasteiger charge is -2.16. The second kappa shape index (κ2) is 6.14. The first-order chi connectivity index (χ1) is 7.13. The molecule has 0 fully saturated rings. The van der Waals surface area contributed by atoms with Gasteiger partial charge >= 0.3 is 0 Å². The maximum atomic E-state index is 6.09. The Morgan fingerprint density at radius 2 is 2.00 bits per heavy atom. The van der Waals surface area contributed by atoms with Gasteiger partial charge in [-0.15, -0.1) is 0 Å². The number of hydrogen-bond donors (Lipinski definition) is 1. The molecule has 2 unspecified atom stereocenters. The fourth-order valence-electron chi connectivity index (χ4n) is 1.71. The molecule has 0 saturated heterocycles. The van der Waals surface area contributed by atoms with Gasteiger partial charge in [0.2, 0.25) is 0 Å². The van der Waals surface area contributed by atoms with Gasteiger partial charge in [-0.25, -0.2) is 0 Å². The first kappa shape index (κ1) is 12.5. The highest BCUT2D eigenvalue weighted by molar-refractivity contribution is 6.31. The molecular formula is C13H20ClN. The second-order valence-electron chi connectivity index (χ2n) is 4.30. The zero-order chi connectivity index (χ0) is 11.3. The summed E-state index contributed by atoms with van der Waals surface area (Å²) in [6, 6.07) is 8.16. The minimum absolute atomic E-state index is 0.222. The van der Waals surface area contributed by atoms with E-state index in [1.807, 2.05) is 18.2 Å². The molecular weight excluding hydrogens is 206 g/mol. The average molecular weight is 226 g/mol. The molecule has 15 heavy (non-hydrogen) atoms. The van der Waals surface area contributed by atoms with E-state index in [0.717, 1.165) is 23.4 Å². The normalized spacial score (nSPS) is 14.9. The van der Waals surface area contributed by atoms with E-state index in [1.54, 1.807) is 0 Å². The lowest BCUT2D eigenvalue weighted by atomic mass is 9.95. The van der Waals surface area contributed by atoms with Gasteiger partial charge in [0.15, 0.2) is 0 Å². The van der Waals surface area contributed by atoms with E-state index in [2.05, 4.69) is 19.9 Å². The Morgan fingerprint density at radius 1 is 1.33 bits per heavy atom. The summed E-state index contributed by atoms with van der Waals surface area (Å²) in [7, 11) is 0. The van der Waals surface area contributed by atoms with Gasteiger partial charge in [-0.05, 0) is 30.4 Å². The number of benzene rings is 1. The molecule has 0 bridgehead atoms. The van der Waals surface area contributed by atoms with Crippen molar-refractivity contribution < 1.29 is 0 Å². The molecule has 0 aliphatic carbocycles. The molecule has 1 nitrogen and oxygen atoms in total. The summed E-state index contributed by atoms with van der Waals surface area (Å²) in [5.41, 5.74) is 7.25. The summed E-state index contributed by atoms with van der Waals surface area (Å²) in [6.07, 6.45) is 3.14. The summed E-state index contributed by atoms with van der Waals surface area (Å²) in [6.45, 7) is 4.44. The molecule has 2 N–H and O–H groups in total. The van der Waals surface area contributed by atoms with Crippen LogP contribution in [0.5, 0.6) is 0 Å². The molecule has 84 valence electrons. The molecule has 1 aromatic rings. The minimum Gasteiger partial charge on any atom is -0.327 e. The summed E-state index contributed by atoms with van der Waals surface area (Å²) < 4.78 is 0. The smallest absolute Gasteiger partial charge is 0.0438 e. The van der Waals surface area contributed by atoms with Crippen molar-refractivity contribution in [2.45, 2.75) is 39.2 Å². The summed E-state index contributed by atoms with van der Waals surface area (Å²) >= 11 is 6.08. The lowest BCUT2D eigenvalue weighted by molar-refractivity contribution is 0.450. The Kier molecular flexibility index (Phi) is 5.13. The van der Waals surface area contributed by atoms with E-state index < -0.39 is 0 Å². The third-order valence-electron chi connectivity index (χ3n) is 2.84. The van der Waals surface area contributed by atoms with E-state index in [9.17, 15) is 0 Å². The molecule has 2 atom stereocenters. The van der Waals surface area contributed by atoms with Crippen LogP contribution in [0.1, 0.15) is 32.3 Å². The van der Waals surface area contributed by atoms with E-state index in [0.29, 0.717) is 5.92 Å². The van der Waals surface area contributed by atoms with Gasteiger partial charge in [-0.2, -0.15) is 0 Å². The van der Waals surface area contributed by atoms with Crippen LogP contribution in [0.4, 0.5) is 0 Å². The number of halogens is 1. The van der Waals surface area contributed by atoms with Crippen molar-refractivity contribution in [3.05, 3.63) is 34.9 Å². The van der Waals surface area contributed by atoms with Crippen LogP contribution in [0, 0.1) is 5.92 Å². The highest BCUT2D eigenvalue weighted by Gasteiger charge is 2.09. The Bertz CT molecular complexity index is 298. The van der Waals surface area contributed by atoms with Gasteiger partial charge < -0.3 is 5.73 Å². The van der Waals surface area contributed by atoms with Crippen molar-refractivity contribution in [2.24, 2.45) is 11.7 Å². The number of nitrogens with two attached hydrogens (primary N) is 1. The largest absolute Gasteiger partial charge is 0.327 e. The molecule has 0 amide bonds. The van der Waals surface area contributed by atoms with Crippen LogP contribution in [0.2, 0.25) is 5.02 Å². The Hall–Kier alpha value is -0.530.